The molecule has 0 bridgehead atoms. The zero-order chi connectivity index (χ0) is 19.1. The standard InChI is InChI=1S/C20H23N3O.CH3Cl/c1-3-23(4-2)14-9-11-19(20(24)13-14)22-18-12-10-17(21)15-7-5-6-8-16(15)18;1-2/h5-11,13,24H,3-4,12,21H2,1-2H3;1H3/p+1. The third kappa shape index (κ3) is 4.20. The molecule has 1 aliphatic carbocycles. The Bertz CT molecular complexity index is 811. The van der Waals surface area contributed by atoms with Crippen LogP contribution in [0.3, 0.4) is 0 Å². The van der Waals surface area contributed by atoms with Gasteiger partial charge in [0.1, 0.15) is 0 Å². The van der Waals surface area contributed by atoms with Gasteiger partial charge in [0, 0.05) is 48.4 Å². The number of nitrogens with two attached hydrogens (primary N) is 1. The number of halogens is 1. The molecular weight excluding hydrogens is 346 g/mol. The number of rotatable bonds is 4. The smallest absolute Gasteiger partial charge is 0.282 e. The molecule has 0 amide bonds. The highest BCUT2D eigenvalue weighted by molar-refractivity contribution is 6.15. The molecule has 2 aromatic rings. The average molecular weight is 373 g/mol. The molecule has 138 valence electrons. The van der Waals surface area contributed by atoms with Crippen molar-refractivity contribution in [1.29, 1.82) is 0 Å². The van der Waals surface area contributed by atoms with Crippen molar-refractivity contribution in [2.24, 2.45) is 10.7 Å². The molecule has 0 heterocycles. The van der Waals surface area contributed by atoms with E-state index in [2.05, 4.69) is 30.3 Å². The van der Waals surface area contributed by atoms with E-state index < -0.39 is 0 Å². The fourth-order valence-corrected chi connectivity index (χ4v) is 3.07. The maximum Gasteiger partial charge on any atom is 0.282 e. The molecule has 0 unspecified atom stereocenters. The van der Waals surface area contributed by atoms with Gasteiger partial charge >= 0.3 is 0 Å². The molecule has 5 heteroatoms. The summed E-state index contributed by atoms with van der Waals surface area (Å²) >= 11 is 4.64. The van der Waals surface area contributed by atoms with Crippen LogP contribution in [0.2, 0.25) is 0 Å². The van der Waals surface area contributed by atoms with Crippen LogP contribution in [0.1, 0.15) is 31.4 Å². The number of alkyl halides is 1. The first kappa shape index (κ1) is 19.9. The zero-order valence-corrected chi connectivity index (χ0v) is 16.3. The third-order valence-corrected chi connectivity index (χ3v) is 4.43. The minimum absolute atomic E-state index is 0.451. The topological polar surface area (TPSA) is 64.5 Å². The summed E-state index contributed by atoms with van der Waals surface area (Å²) in [4.78, 5) is 6.99. The van der Waals surface area contributed by atoms with Crippen molar-refractivity contribution in [3.8, 4) is 5.75 Å². The maximum absolute atomic E-state index is 8.32. The third-order valence-electron chi connectivity index (χ3n) is 4.43. The Balaban J connectivity index is 0.00000117. The highest BCUT2D eigenvalue weighted by Gasteiger charge is 2.17. The molecule has 4 nitrogen and oxygen atoms in total. The number of hydrogen-bond acceptors (Lipinski definition) is 3. The second-order valence-corrected chi connectivity index (χ2v) is 5.84. The fourth-order valence-electron chi connectivity index (χ4n) is 3.07. The van der Waals surface area contributed by atoms with Crippen LogP contribution in [0.25, 0.3) is 5.70 Å². The van der Waals surface area contributed by atoms with E-state index in [9.17, 15) is 0 Å². The molecule has 0 aliphatic heterocycles. The Morgan fingerprint density at radius 3 is 2.35 bits per heavy atom. The number of allylic oxidation sites excluding steroid dienone is 1. The van der Waals surface area contributed by atoms with Gasteiger partial charge in [0.05, 0.1) is 11.8 Å². The van der Waals surface area contributed by atoms with E-state index in [0.29, 0.717) is 17.9 Å². The van der Waals surface area contributed by atoms with Crippen LogP contribution in [0.15, 0.2) is 53.5 Å². The summed E-state index contributed by atoms with van der Waals surface area (Å²) in [6.45, 7) is 6.11. The lowest BCUT2D eigenvalue weighted by Gasteiger charge is -2.21. The van der Waals surface area contributed by atoms with Gasteiger partial charge in [-0.1, -0.05) is 30.3 Å². The predicted octanol–water partition coefficient (Wildman–Crippen LogP) is 4.65. The predicted molar refractivity (Wildman–Crippen MR) is 114 cm³/mol. The first-order valence-electron chi connectivity index (χ1n) is 8.75. The van der Waals surface area contributed by atoms with Crippen LogP contribution in [-0.2, 0) is 0 Å². The summed E-state index contributed by atoms with van der Waals surface area (Å²) in [5.41, 5.74) is 11.7. The number of nitrogens with zero attached hydrogens (tertiary/aromatic N) is 2. The number of anilines is 1. The van der Waals surface area contributed by atoms with Crippen LogP contribution in [0.5, 0.6) is 5.75 Å². The highest BCUT2D eigenvalue weighted by atomic mass is 35.5. The molecule has 0 atom stereocenters. The van der Waals surface area contributed by atoms with Crippen molar-refractivity contribution in [2.45, 2.75) is 20.3 Å². The molecule has 3 rings (SSSR count). The van der Waals surface area contributed by atoms with E-state index in [1.807, 2.05) is 48.5 Å². The van der Waals surface area contributed by atoms with E-state index >= 15 is 0 Å². The second kappa shape index (κ2) is 9.30. The number of aliphatic imine (C=N–C) groups is 1. The Morgan fingerprint density at radius 2 is 1.73 bits per heavy atom. The summed E-state index contributed by atoms with van der Waals surface area (Å²) in [6.07, 6.45) is 4.16. The van der Waals surface area contributed by atoms with Crippen molar-refractivity contribution in [3.63, 3.8) is 0 Å². The molecule has 1 aliphatic rings. The first-order chi connectivity index (χ1) is 12.6. The van der Waals surface area contributed by atoms with Gasteiger partial charge in [-0.15, -0.1) is 11.6 Å². The summed E-state index contributed by atoms with van der Waals surface area (Å²) in [7, 11) is 0. The fraction of sp³-hybridized carbons (Fsp3) is 0.286. The first-order valence-corrected chi connectivity index (χ1v) is 9.51. The Labute approximate surface area is 160 Å². The molecule has 0 saturated carbocycles. The summed E-state index contributed by atoms with van der Waals surface area (Å²) in [5.74, 6) is 0.451. The van der Waals surface area contributed by atoms with Gasteiger partial charge in [0.2, 0.25) is 0 Å². The van der Waals surface area contributed by atoms with E-state index in [0.717, 1.165) is 41.3 Å². The molecule has 0 radical (unpaired) electrons. The molecule has 4 N–H and O–H groups in total. The van der Waals surface area contributed by atoms with Crippen molar-refractivity contribution < 1.29 is 5.11 Å². The summed E-state index contributed by atoms with van der Waals surface area (Å²) in [6, 6.07) is 13.9. The van der Waals surface area contributed by atoms with Crippen molar-refractivity contribution >= 4 is 34.4 Å². The summed E-state index contributed by atoms with van der Waals surface area (Å²) < 4.78 is 0. The Morgan fingerprint density at radius 1 is 1.08 bits per heavy atom. The second-order valence-electron chi connectivity index (χ2n) is 5.84. The van der Waals surface area contributed by atoms with Gasteiger partial charge in [-0.3, -0.25) is 0 Å². The molecule has 0 aromatic heterocycles. The zero-order valence-electron chi connectivity index (χ0n) is 15.6. The largest absolute Gasteiger partial charge is 0.592 e. The maximum atomic E-state index is 8.32. The number of benzene rings is 2. The Hall–Kier alpha value is -2.46. The Kier molecular flexibility index (Phi) is 7.10. The van der Waals surface area contributed by atoms with E-state index in [1.165, 1.54) is 6.38 Å². The number of fused-ring (bicyclic) bond motifs is 1. The van der Waals surface area contributed by atoms with E-state index in [4.69, 9.17) is 15.8 Å². The molecule has 2 aromatic carbocycles. The highest BCUT2D eigenvalue weighted by Crippen LogP contribution is 2.33. The lowest BCUT2D eigenvalue weighted by molar-refractivity contribution is 0.477. The molecular formula is C21H27ClN3O+. The van der Waals surface area contributed by atoms with Crippen molar-refractivity contribution in [2.75, 3.05) is 24.4 Å². The van der Waals surface area contributed by atoms with Gasteiger partial charge in [0.15, 0.2) is 5.69 Å². The average Bonchev–Trinajstić information content (AvgIpc) is 2.68. The molecule has 0 saturated heterocycles. The van der Waals surface area contributed by atoms with Gasteiger partial charge in [0.25, 0.3) is 5.75 Å². The van der Waals surface area contributed by atoms with Crippen LogP contribution >= 0.6 is 11.6 Å². The van der Waals surface area contributed by atoms with Crippen LogP contribution in [0, 0.1) is 0 Å². The normalized spacial score (nSPS) is 14.2. The lowest BCUT2D eigenvalue weighted by Crippen LogP contribution is -2.21. The van der Waals surface area contributed by atoms with E-state index in [-0.39, 0.29) is 0 Å². The van der Waals surface area contributed by atoms with Crippen LogP contribution < -0.4 is 10.6 Å². The van der Waals surface area contributed by atoms with Gasteiger partial charge in [-0.2, -0.15) is 0 Å². The van der Waals surface area contributed by atoms with Crippen molar-refractivity contribution in [1.82, 2.24) is 0 Å². The van der Waals surface area contributed by atoms with Crippen LogP contribution in [-0.4, -0.2) is 30.3 Å². The minimum Gasteiger partial charge on any atom is -0.592 e. The molecule has 26 heavy (non-hydrogen) atoms. The van der Waals surface area contributed by atoms with E-state index in [1.54, 1.807) is 0 Å². The minimum atomic E-state index is 0.451. The lowest BCUT2D eigenvalue weighted by atomic mass is 9.93. The van der Waals surface area contributed by atoms with Gasteiger partial charge in [-0.05, 0) is 26.0 Å². The molecule has 0 fully saturated rings. The van der Waals surface area contributed by atoms with Crippen LogP contribution in [0.4, 0.5) is 11.4 Å². The quantitative estimate of drug-likeness (QED) is 0.627. The van der Waals surface area contributed by atoms with Crippen molar-refractivity contribution in [3.05, 3.63) is 59.7 Å². The van der Waals surface area contributed by atoms with Gasteiger partial charge < -0.3 is 15.7 Å². The summed E-state index contributed by atoms with van der Waals surface area (Å²) in [5, 5.41) is 8.32. The number of hydrogen-bond donors (Lipinski definition) is 1. The monoisotopic (exact) mass is 372 g/mol. The molecule has 0 spiro atoms. The SMILES string of the molecule is CCN(CC)c1ccc(N=C2CC=C(N)c3ccccc32)c([OH2+])c1.CCl. The van der Waals surface area contributed by atoms with Gasteiger partial charge in [-0.25, -0.2) is 4.99 Å².